The second-order valence-corrected chi connectivity index (χ2v) is 5.94. The topological polar surface area (TPSA) is 38.3 Å². The average molecular weight is 247 g/mol. The van der Waals surface area contributed by atoms with E-state index in [-0.39, 0.29) is 16.9 Å². The summed E-state index contributed by atoms with van der Waals surface area (Å²) in [6, 6.07) is 8.08. The van der Waals surface area contributed by atoms with Gasteiger partial charge in [-0.15, -0.1) is 0 Å². The van der Waals surface area contributed by atoms with Crippen molar-refractivity contribution in [2.75, 3.05) is 7.11 Å². The van der Waals surface area contributed by atoms with Crippen LogP contribution in [0.5, 0.6) is 5.75 Å². The molecular formula is C15H21NO2. The molecule has 98 valence electrons. The zero-order valence-corrected chi connectivity index (χ0v) is 11.5. The first-order valence-electron chi connectivity index (χ1n) is 6.30. The molecule has 18 heavy (non-hydrogen) atoms. The van der Waals surface area contributed by atoms with E-state index >= 15 is 0 Å². The lowest BCUT2D eigenvalue weighted by Crippen LogP contribution is -2.46. The largest absolute Gasteiger partial charge is 0.497 e. The summed E-state index contributed by atoms with van der Waals surface area (Å²) < 4.78 is 5.16. The quantitative estimate of drug-likeness (QED) is 0.891. The van der Waals surface area contributed by atoms with Gasteiger partial charge in [-0.3, -0.25) is 4.79 Å². The molecule has 1 heterocycles. The van der Waals surface area contributed by atoms with Gasteiger partial charge in [-0.25, -0.2) is 0 Å². The van der Waals surface area contributed by atoms with Crippen LogP contribution in [0, 0.1) is 5.41 Å². The Morgan fingerprint density at radius 2 is 1.83 bits per heavy atom. The molecule has 3 nitrogen and oxygen atoms in total. The summed E-state index contributed by atoms with van der Waals surface area (Å²) in [6.07, 6.45) is 1.48. The van der Waals surface area contributed by atoms with Crippen molar-refractivity contribution in [3.8, 4) is 5.75 Å². The van der Waals surface area contributed by atoms with Crippen molar-refractivity contribution in [2.45, 2.75) is 39.2 Å². The molecule has 0 bridgehead atoms. The Morgan fingerprint density at radius 1 is 1.22 bits per heavy atom. The van der Waals surface area contributed by atoms with Crippen molar-refractivity contribution in [3.05, 3.63) is 29.8 Å². The minimum atomic E-state index is -0.163. The van der Waals surface area contributed by atoms with Crippen LogP contribution < -0.4 is 10.1 Å². The van der Waals surface area contributed by atoms with E-state index in [9.17, 15) is 4.79 Å². The molecule has 3 heteroatoms. The minimum Gasteiger partial charge on any atom is -0.497 e. The number of hydrogen-bond acceptors (Lipinski definition) is 2. The van der Waals surface area contributed by atoms with Gasteiger partial charge in [0.05, 0.1) is 7.11 Å². The monoisotopic (exact) mass is 247 g/mol. The zero-order valence-electron chi connectivity index (χ0n) is 11.5. The highest BCUT2D eigenvalue weighted by Gasteiger charge is 2.48. The summed E-state index contributed by atoms with van der Waals surface area (Å²) in [5, 5.41) is 3.06. The maximum Gasteiger partial charge on any atom is 0.221 e. The summed E-state index contributed by atoms with van der Waals surface area (Å²) in [5.74, 6) is 1.01. The predicted octanol–water partition coefficient (Wildman–Crippen LogP) is 2.54. The van der Waals surface area contributed by atoms with E-state index < -0.39 is 0 Å². The summed E-state index contributed by atoms with van der Waals surface area (Å²) in [5.41, 5.74) is 1.03. The van der Waals surface area contributed by atoms with Crippen molar-refractivity contribution in [1.29, 1.82) is 0 Å². The van der Waals surface area contributed by atoms with Crippen LogP contribution in [0.4, 0.5) is 0 Å². The smallest absolute Gasteiger partial charge is 0.221 e. The second kappa shape index (κ2) is 4.30. The molecule has 2 rings (SSSR count). The number of rotatable bonds is 3. The van der Waals surface area contributed by atoms with Crippen LogP contribution in [0.2, 0.25) is 0 Å². The molecule has 1 aromatic rings. The number of nitrogens with one attached hydrogen (secondary N) is 1. The van der Waals surface area contributed by atoms with Crippen molar-refractivity contribution >= 4 is 5.91 Å². The van der Waals surface area contributed by atoms with E-state index in [1.54, 1.807) is 7.11 Å². The van der Waals surface area contributed by atoms with E-state index in [0.29, 0.717) is 6.42 Å². The summed E-state index contributed by atoms with van der Waals surface area (Å²) in [4.78, 5) is 11.6. The highest BCUT2D eigenvalue weighted by Crippen LogP contribution is 2.42. The second-order valence-electron chi connectivity index (χ2n) is 5.94. The molecule has 1 unspecified atom stereocenters. The number of methoxy groups -OCH3 is 1. The van der Waals surface area contributed by atoms with Crippen LogP contribution in [0.25, 0.3) is 0 Å². The van der Waals surface area contributed by atoms with E-state index in [2.05, 4.69) is 38.2 Å². The lowest BCUT2D eigenvalue weighted by molar-refractivity contribution is -0.119. The average Bonchev–Trinajstić information content (AvgIpc) is 2.48. The van der Waals surface area contributed by atoms with Gasteiger partial charge in [0, 0.05) is 17.4 Å². The maximum atomic E-state index is 11.6. The molecule has 0 saturated carbocycles. The molecule has 1 atom stereocenters. The number of ether oxygens (including phenoxy) is 1. The lowest BCUT2D eigenvalue weighted by atomic mass is 9.70. The van der Waals surface area contributed by atoms with Crippen LogP contribution in [-0.4, -0.2) is 18.6 Å². The fourth-order valence-corrected chi connectivity index (χ4v) is 2.60. The molecule has 1 aromatic carbocycles. The van der Waals surface area contributed by atoms with Gasteiger partial charge in [-0.05, 0) is 38.0 Å². The normalized spacial score (nSPS) is 25.9. The number of carbonyl (C=O) groups excluding carboxylic acids is 1. The molecule has 1 N–H and O–H groups in total. The van der Waals surface area contributed by atoms with Crippen LogP contribution >= 0.6 is 0 Å². The van der Waals surface area contributed by atoms with Crippen molar-refractivity contribution < 1.29 is 9.53 Å². The number of benzene rings is 1. The third-order valence-corrected chi connectivity index (χ3v) is 4.26. The summed E-state index contributed by atoms with van der Waals surface area (Å²) in [7, 11) is 1.67. The zero-order chi connectivity index (χ0) is 13.4. The summed E-state index contributed by atoms with van der Waals surface area (Å²) >= 11 is 0. The highest BCUT2D eigenvalue weighted by molar-refractivity contribution is 5.80. The predicted molar refractivity (Wildman–Crippen MR) is 71.6 cm³/mol. The van der Waals surface area contributed by atoms with Crippen LogP contribution in [0.3, 0.4) is 0 Å². The van der Waals surface area contributed by atoms with Crippen LogP contribution in [0.1, 0.15) is 32.8 Å². The molecule has 1 saturated heterocycles. The molecular weight excluding hydrogens is 226 g/mol. The van der Waals surface area contributed by atoms with Gasteiger partial charge in [-0.2, -0.15) is 0 Å². The molecule has 0 aliphatic carbocycles. The summed E-state index contributed by atoms with van der Waals surface area (Å²) in [6.45, 7) is 6.37. The van der Waals surface area contributed by atoms with E-state index in [1.165, 1.54) is 5.56 Å². The minimum absolute atomic E-state index is 0.0430. The Bertz CT molecular complexity index is 450. The molecule has 0 radical (unpaired) electrons. The fraction of sp³-hybridized carbons (Fsp3) is 0.533. The SMILES string of the molecule is COc1ccc(CC2(C)CC(=O)NC2(C)C)cc1. The van der Waals surface area contributed by atoms with Gasteiger partial charge in [0.2, 0.25) is 5.91 Å². The standard InChI is InChI=1S/C15H21NO2/c1-14(2)15(3,10-13(17)16-14)9-11-5-7-12(18-4)8-6-11/h5-8H,9-10H2,1-4H3,(H,16,17). The Labute approximate surface area is 109 Å². The first-order chi connectivity index (χ1) is 8.36. The highest BCUT2D eigenvalue weighted by atomic mass is 16.5. The van der Waals surface area contributed by atoms with Crippen molar-refractivity contribution in [1.82, 2.24) is 5.32 Å². The van der Waals surface area contributed by atoms with Gasteiger partial charge >= 0.3 is 0 Å². The van der Waals surface area contributed by atoms with E-state index in [0.717, 1.165) is 12.2 Å². The van der Waals surface area contributed by atoms with Crippen LogP contribution in [0.15, 0.2) is 24.3 Å². The Balaban J connectivity index is 2.19. The Morgan fingerprint density at radius 3 is 2.28 bits per heavy atom. The lowest BCUT2D eigenvalue weighted by Gasteiger charge is -2.37. The van der Waals surface area contributed by atoms with Gasteiger partial charge < -0.3 is 10.1 Å². The number of carbonyl (C=O) groups is 1. The van der Waals surface area contributed by atoms with Crippen molar-refractivity contribution in [2.24, 2.45) is 5.41 Å². The first-order valence-corrected chi connectivity index (χ1v) is 6.30. The third-order valence-electron chi connectivity index (χ3n) is 4.26. The van der Waals surface area contributed by atoms with E-state index in [1.807, 2.05) is 12.1 Å². The van der Waals surface area contributed by atoms with Gasteiger partial charge in [0.15, 0.2) is 0 Å². The van der Waals surface area contributed by atoms with E-state index in [4.69, 9.17) is 4.74 Å². The van der Waals surface area contributed by atoms with Crippen LogP contribution in [-0.2, 0) is 11.2 Å². The first kappa shape index (κ1) is 12.9. The molecule has 0 aromatic heterocycles. The molecule has 1 amide bonds. The maximum absolute atomic E-state index is 11.6. The molecule has 0 spiro atoms. The Kier molecular flexibility index (Phi) is 3.09. The molecule has 1 fully saturated rings. The number of hydrogen-bond donors (Lipinski definition) is 1. The van der Waals surface area contributed by atoms with Crippen molar-refractivity contribution in [3.63, 3.8) is 0 Å². The molecule has 1 aliphatic heterocycles. The Hall–Kier alpha value is -1.51. The van der Waals surface area contributed by atoms with Gasteiger partial charge in [0.1, 0.15) is 5.75 Å². The fourth-order valence-electron chi connectivity index (χ4n) is 2.60. The number of amides is 1. The van der Waals surface area contributed by atoms with Gasteiger partial charge in [-0.1, -0.05) is 19.1 Å². The third kappa shape index (κ3) is 2.22. The van der Waals surface area contributed by atoms with Gasteiger partial charge in [0.25, 0.3) is 0 Å². The molecule has 1 aliphatic rings.